The molecule has 0 unspecified atom stereocenters. The van der Waals surface area contributed by atoms with Crippen LogP contribution in [0.15, 0.2) is 0 Å². The van der Waals surface area contributed by atoms with E-state index < -0.39 is 0 Å². The Bertz CT molecular complexity index is 71.2. The van der Waals surface area contributed by atoms with Gasteiger partial charge in [-0.05, 0) is 6.92 Å². The van der Waals surface area contributed by atoms with E-state index in [-0.39, 0.29) is 5.40 Å². The normalized spacial score (nSPS) is 39.2. The fraction of sp³-hybridized carbons (Fsp3) is 1.00. The molecule has 0 spiro atoms. The molecule has 0 N–H and O–H groups in total. The van der Waals surface area contributed by atoms with E-state index in [9.17, 15) is 0 Å². The van der Waals surface area contributed by atoms with E-state index in [0.29, 0.717) is 6.10 Å². The zero-order valence-corrected chi connectivity index (χ0v) is 4.49. The minimum absolute atomic E-state index is 0.208. The standard InChI is InChI=1S/C3H8B2O/c1-2-3(4,5)6-2/h2H,4-5H2,1H3/t2-/m0/s1. The van der Waals surface area contributed by atoms with Crippen molar-refractivity contribution in [2.45, 2.75) is 18.4 Å². The SMILES string of the molecule is BC1(B)O[C@H]1C. The van der Waals surface area contributed by atoms with Crippen molar-refractivity contribution < 1.29 is 4.74 Å². The molecule has 1 nitrogen and oxygen atoms in total. The van der Waals surface area contributed by atoms with Crippen LogP contribution in [0.1, 0.15) is 6.92 Å². The van der Waals surface area contributed by atoms with Crippen LogP contribution in [0.4, 0.5) is 0 Å². The first-order chi connectivity index (χ1) is 2.63. The highest BCUT2D eigenvalue weighted by atomic mass is 16.6. The molecule has 6 heavy (non-hydrogen) atoms. The summed E-state index contributed by atoms with van der Waals surface area (Å²) in [6, 6.07) is 0. The quantitative estimate of drug-likeness (QED) is 0.251. The maximum Gasteiger partial charge on any atom is 0.135 e. The molecule has 1 heterocycles. The Morgan fingerprint density at radius 3 is 1.83 bits per heavy atom. The Hall–Kier alpha value is 0.0899. The molecule has 1 aliphatic heterocycles. The van der Waals surface area contributed by atoms with Crippen molar-refractivity contribution in [2.24, 2.45) is 0 Å². The summed E-state index contributed by atoms with van der Waals surface area (Å²) in [4.78, 5) is 0. The summed E-state index contributed by atoms with van der Waals surface area (Å²) in [5.74, 6) is 0. The van der Waals surface area contributed by atoms with Crippen molar-refractivity contribution in [3.8, 4) is 0 Å². The molecule has 1 aliphatic rings. The molecular formula is C3H8B2O. The predicted octanol–water partition coefficient (Wildman–Crippen LogP) is -1.67. The zero-order valence-electron chi connectivity index (χ0n) is 4.49. The van der Waals surface area contributed by atoms with E-state index in [2.05, 4.69) is 22.6 Å². The fourth-order valence-corrected chi connectivity index (χ4v) is 0.422. The van der Waals surface area contributed by atoms with Crippen LogP contribution in [0.2, 0.25) is 0 Å². The van der Waals surface area contributed by atoms with E-state index in [0.717, 1.165) is 0 Å². The summed E-state index contributed by atoms with van der Waals surface area (Å²) in [6.07, 6.45) is 0.498. The van der Waals surface area contributed by atoms with Crippen molar-refractivity contribution in [2.75, 3.05) is 0 Å². The summed E-state index contributed by atoms with van der Waals surface area (Å²) in [7, 11) is 4.19. The van der Waals surface area contributed by atoms with Crippen LogP contribution in [0.3, 0.4) is 0 Å². The van der Waals surface area contributed by atoms with Gasteiger partial charge in [-0.25, -0.2) is 0 Å². The van der Waals surface area contributed by atoms with Gasteiger partial charge in [-0.1, -0.05) is 0 Å². The first-order valence-corrected chi connectivity index (χ1v) is 2.31. The summed E-state index contributed by atoms with van der Waals surface area (Å²) in [6.45, 7) is 2.08. The second-order valence-corrected chi connectivity index (χ2v) is 2.36. The largest absolute Gasteiger partial charge is 0.386 e. The molecule has 1 saturated heterocycles. The Labute approximate surface area is 39.9 Å². The van der Waals surface area contributed by atoms with Crippen molar-refractivity contribution in [3.63, 3.8) is 0 Å². The lowest BCUT2D eigenvalue weighted by Gasteiger charge is -1.83. The molecule has 1 rings (SSSR count). The Morgan fingerprint density at radius 1 is 1.67 bits per heavy atom. The topological polar surface area (TPSA) is 12.5 Å². The lowest BCUT2D eigenvalue weighted by Crippen LogP contribution is -2.11. The maximum absolute atomic E-state index is 5.10. The molecule has 3 heteroatoms. The molecule has 1 fully saturated rings. The molecule has 1 atom stereocenters. The van der Waals surface area contributed by atoms with E-state index >= 15 is 0 Å². The van der Waals surface area contributed by atoms with Crippen LogP contribution in [0, 0.1) is 0 Å². The lowest BCUT2D eigenvalue weighted by molar-refractivity contribution is 0.397. The van der Waals surface area contributed by atoms with Gasteiger partial charge in [-0.2, -0.15) is 0 Å². The predicted molar refractivity (Wildman–Crippen MR) is 30.4 cm³/mol. The van der Waals surface area contributed by atoms with Crippen molar-refractivity contribution in [3.05, 3.63) is 0 Å². The van der Waals surface area contributed by atoms with Gasteiger partial charge < -0.3 is 4.74 Å². The molecule has 0 bridgehead atoms. The van der Waals surface area contributed by atoms with Crippen molar-refractivity contribution in [1.82, 2.24) is 0 Å². The van der Waals surface area contributed by atoms with Crippen LogP contribution < -0.4 is 0 Å². The highest BCUT2D eigenvalue weighted by Crippen LogP contribution is 2.27. The van der Waals surface area contributed by atoms with Crippen molar-refractivity contribution in [1.29, 1.82) is 0 Å². The first kappa shape index (κ1) is 4.25. The third-order valence-corrected chi connectivity index (χ3v) is 1.40. The monoisotopic (exact) mass is 82.1 g/mol. The smallest absolute Gasteiger partial charge is 0.135 e. The third-order valence-electron chi connectivity index (χ3n) is 1.40. The Morgan fingerprint density at radius 2 is 1.83 bits per heavy atom. The lowest BCUT2D eigenvalue weighted by atomic mass is 9.68. The van der Waals surface area contributed by atoms with E-state index in [4.69, 9.17) is 4.74 Å². The number of rotatable bonds is 0. The minimum atomic E-state index is 0.208. The molecule has 0 saturated carbocycles. The average molecular weight is 81.7 g/mol. The second kappa shape index (κ2) is 0.836. The summed E-state index contributed by atoms with van der Waals surface area (Å²) >= 11 is 0. The Kier molecular flexibility index (Phi) is 0.593. The van der Waals surface area contributed by atoms with E-state index in [1.54, 1.807) is 0 Å². The molecule has 0 aromatic heterocycles. The van der Waals surface area contributed by atoms with Crippen LogP contribution in [-0.2, 0) is 4.74 Å². The van der Waals surface area contributed by atoms with Crippen LogP contribution in [-0.4, -0.2) is 27.2 Å². The van der Waals surface area contributed by atoms with Crippen LogP contribution in [0.25, 0.3) is 0 Å². The highest BCUT2D eigenvalue weighted by Gasteiger charge is 2.42. The molecule has 0 aromatic carbocycles. The molecule has 0 amide bonds. The van der Waals surface area contributed by atoms with Gasteiger partial charge in [0.1, 0.15) is 15.7 Å². The third kappa shape index (κ3) is 0.473. The number of hydrogen-bond acceptors (Lipinski definition) is 1. The van der Waals surface area contributed by atoms with Gasteiger partial charge >= 0.3 is 0 Å². The maximum atomic E-state index is 5.10. The van der Waals surface area contributed by atoms with Gasteiger partial charge in [-0.15, -0.1) is 0 Å². The molecular weight excluding hydrogens is 73.7 g/mol. The number of epoxide rings is 1. The van der Waals surface area contributed by atoms with Crippen molar-refractivity contribution >= 4 is 15.7 Å². The zero-order chi connectivity index (χ0) is 4.78. The van der Waals surface area contributed by atoms with Crippen LogP contribution >= 0.6 is 0 Å². The van der Waals surface area contributed by atoms with Gasteiger partial charge in [0.05, 0.1) is 6.10 Å². The summed E-state index contributed by atoms with van der Waals surface area (Å²) in [5.41, 5.74) is 0. The molecule has 0 aliphatic carbocycles. The summed E-state index contributed by atoms with van der Waals surface area (Å²) < 4.78 is 5.10. The second-order valence-electron chi connectivity index (χ2n) is 2.36. The highest BCUT2D eigenvalue weighted by molar-refractivity contribution is 6.41. The Balaban J connectivity index is 2.41. The van der Waals surface area contributed by atoms with Gasteiger partial charge in [0.15, 0.2) is 0 Å². The van der Waals surface area contributed by atoms with Gasteiger partial charge in [-0.3, -0.25) is 0 Å². The first-order valence-electron chi connectivity index (χ1n) is 2.31. The number of hydrogen-bond donors (Lipinski definition) is 0. The van der Waals surface area contributed by atoms with E-state index in [1.165, 1.54) is 0 Å². The van der Waals surface area contributed by atoms with Gasteiger partial charge in [0.2, 0.25) is 0 Å². The fourth-order valence-electron chi connectivity index (χ4n) is 0.422. The average Bonchev–Trinajstić information content (AvgIpc) is 1.73. The van der Waals surface area contributed by atoms with Gasteiger partial charge in [0, 0.05) is 5.40 Å². The summed E-state index contributed by atoms with van der Waals surface area (Å²) in [5, 5.41) is 0.208. The molecule has 32 valence electrons. The van der Waals surface area contributed by atoms with Crippen LogP contribution in [0.5, 0.6) is 0 Å². The number of ether oxygens (including phenoxy) is 1. The van der Waals surface area contributed by atoms with Gasteiger partial charge in [0.25, 0.3) is 0 Å². The molecule has 0 aromatic rings. The van der Waals surface area contributed by atoms with E-state index in [1.807, 2.05) is 0 Å². The molecule has 0 radical (unpaired) electrons. The minimum Gasteiger partial charge on any atom is -0.386 e.